The fraction of sp³-hybridized carbons (Fsp3) is 0.200. The SMILES string of the molecule is OCC#Cc1cccc(COCc2cccs2)c1. The Morgan fingerprint density at radius 3 is 2.89 bits per heavy atom. The Bertz CT molecular complexity index is 535. The van der Waals surface area contributed by atoms with Gasteiger partial charge in [0, 0.05) is 10.4 Å². The molecule has 2 rings (SSSR count). The molecule has 0 unspecified atom stereocenters. The Labute approximate surface area is 111 Å². The van der Waals surface area contributed by atoms with Crippen LogP contribution >= 0.6 is 11.3 Å². The Hall–Kier alpha value is -1.60. The van der Waals surface area contributed by atoms with E-state index in [1.165, 1.54) is 4.88 Å². The number of rotatable bonds is 4. The van der Waals surface area contributed by atoms with Crippen molar-refractivity contribution in [2.24, 2.45) is 0 Å². The topological polar surface area (TPSA) is 29.5 Å². The molecule has 2 nitrogen and oxygen atoms in total. The van der Waals surface area contributed by atoms with Crippen molar-refractivity contribution in [3.8, 4) is 11.8 Å². The van der Waals surface area contributed by atoms with Gasteiger partial charge in [0.05, 0.1) is 13.2 Å². The quantitative estimate of drug-likeness (QED) is 0.855. The molecular formula is C15H14O2S. The Balaban J connectivity index is 1.89. The molecular weight excluding hydrogens is 244 g/mol. The zero-order valence-electron chi connectivity index (χ0n) is 9.93. The minimum Gasteiger partial charge on any atom is -0.384 e. The van der Waals surface area contributed by atoms with E-state index < -0.39 is 0 Å². The molecule has 0 aliphatic rings. The molecule has 1 aromatic carbocycles. The fourth-order valence-electron chi connectivity index (χ4n) is 1.54. The molecule has 1 heterocycles. The van der Waals surface area contributed by atoms with Crippen LogP contribution in [0.4, 0.5) is 0 Å². The van der Waals surface area contributed by atoms with E-state index in [-0.39, 0.29) is 6.61 Å². The summed E-state index contributed by atoms with van der Waals surface area (Å²) in [4.78, 5) is 1.23. The van der Waals surface area contributed by atoms with E-state index in [1.807, 2.05) is 35.7 Å². The molecule has 3 heteroatoms. The standard InChI is InChI=1S/C15H14O2S/c16-8-2-6-13-4-1-5-14(10-13)11-17-12-15-7-3-9-18-15/h1,3-5,7,9-10,16H,8,11-12H2. The van der Waals surface area contributed by atoms with E-state index in [0.717, 1.165) is 11.1 Å². The highest BCUT2D eigenvalue weighted by Crippen LogP contribution is 2.12. The maximum absolute atomic E-state index is 8.65. The third kappa shape index (κ3) is 4.01. The van der Waals surface area contributed by atoms with Gasteiger partial charge in [-0.2, -0.15) is 0 Å². The van der Waals surface area contributed by atoms with Crippen LogP contribution in [0, 0.1) is 11.8 Å². The van der Waals surface area contributed by atoms with Crippen molar-refractivity contribution in [1.82, 2.24) is 0 Å². The highest BCUT2D eigenvalue weighted by molar-refractivity contribution is 7.09. The van der Waals surface area contributed by atoms with Crippen molar-refractivity contribution >= 4 is 11.3 Å². The Morgan fingerprint density at radius 2 is 2.11 bits per heavy atom. The lowest BCUT2D eigenvalue weighted by molar-refractivity contribution is 0.109. The van der Waals surface area contributed by atoms with Gasteiger partial charge in [-0.05, 0) is 29.1 Å². The average Bonchev–Trinajstić information content (AvgIpc) is 2.90. The van der Waals surface area contributed by atoms with Crippen LogP contribution in [0.5, 0.6) is 0 Å². The van der Waals surface area contributed by atoms with Crippen LogP contribution in [0.15, 0.2) is 41.8 Å². The molecule has 0 saturated carbocycles. The summed E-state index contributed by atoms with van der Waals surface area (Å²) in [7, 11) is 0. The first-order valence-electron chi connectivity index (χ1n) is 5.67. The summed E-state index contributed by atoms with van der Waals surface area (Å²) in [6.45, 7) is 1.11. The van der Waals surface area contributed by atoms with Crippen molar-refractivity contribution in [3.05, 3.63) is 57.8 Å². The summed E-state index contributed by atoms with van der Waals surface area (Å²) in [6.07, 6.45) is 0. The van der Waals surface area contributed by atoms with E-state index in [4.69, 9.17) is 9.84 Å². The first kappa shape index (κ1) is 12.8. The van der Waals surface area contributed by atoms with Gasteiger partial charge in [0.25, 0.3) is 0 Å². The molecule has 0 aliphatic carbocycles. The number of hydrogen-bond acceptors (Lipinski definition) is 3. The normalized spacial score (nSPS) is 9.83. The number of ether oxygens (including phenoxy) is 1. The van der Waals surface area contributed by atoms with Crippen molar-refractivity contribution in [1.29, 1.82) is 0 Å². The molecule has 18 heavy (non-hydrogen) atoms. The number of benzene rings is 1. The smallest absolute Gasteiger partial charge is 0.104 e. The van der Waals surface area contributed by atoms with E-state index in [0.29, 0.717) is 13.2 Å². The minimum atomic E-state index is -0.112. The minimum absolute atomic E-state index is 0.112. The maximum atomic E-state index is 8.65. The number of aliphatic hydroxyl groups is 1. The molecule has 1 aromatic heterocycles. The van der Waals surface area contributed by atoms with Crippen molar-refractivity contribution < 1.29 is 9.84 Å². The third-order valence-electron chi connectivity index (χ3n) is 2.33. The van der Waals surface area contributed by atoms with Gasteiger partial charge in [0.1, 0.15) is 6.61 Å². The van der Waals surface area contributed by atoms with E-state index >= 15 is 0 Å². The predicted octanol–water partition coefficient (Wildman–Crippen LogP) is 2.81. The van der Waals surface area contributed by atoms with Crippen LogP contribution in [-0.4, -0.2) is 11.7 Å². The largest absolute Gasteiger partial charge is 0.384 e. The molecule has 0 fully saturated rings. The van der Waals surface area contributed by atoms with Crippen molar-refractivity contribution in [3.63, 3.8) is 0 Å². The second-order valence-electron chi connectivity index (χ2n) is 3.73. The van der Waals surface area contributed by atoms with Gasteiger partial charge < -0.3 is 9.84 Å². The summed E-state index contributed by atoms with van der Waals surface area (Å²) in [5, 5.41) is 10.7. The molecule has 0 amide bonds. The molecule has 0 spiro atoms. The van der Waals surface area contributed by atoms with E-state index in [1.54, 1.807) is 11.3 Å². The van der Waals surface area contributed by atoms with Gasteiger partial charge in [-0.15, -0.1) is 11.3 Å². The second-order valence-corrected chi connectivity index (χ2v) is 4.76. The number of thiophene rings is 1. The van der Waals surface area contributed by atoms with Gasteiger partial charge in [-0.3, -0.25) is 0 Å². The maximum Gasteiger partial charge on any atom is 0.104 e. The van der Waals surface area contributed by atoms with Crippen molar-refractivity contribution in [2.45, 2.75) is 13.2 Å². The van der Waals surface area contributed by atoms with Crippen LogP contribution < -0.4 is 0 Å². The molecule has 1 N–H and O–H groups in total. The summed E-state index contributed by atoms with van der Waals surface area (Å²) in [6, 6.07) is 12.0. The summed E-state index contributed by atoms with van der Waals surface area (Å²) < 4.78 is 5.64. The van der Waals surface area contributed by atoms with Gasteiger partial charge in [-0.25, -0.2) is 0 Å². The highest BCUT2D eigenvalue weighted by Gasteiger charge is 1.97. The average molecular weight is 258 g/mol. The first-order valence-corrected chi connectivity index (χ1v) is 6.55. The summed E-state index contributed by atoms with van der Waals surface area (Å²) >= 11 is 1.70. The number of hydrogen-bond donors (Lipinski definition) is 1. The molecule has 0 bridgehead atoms. The zero-order chi connectivity index (χ0) is 12.6. The van der Waals surface area contributed by atoms with Gasteiger partial charge in [0.2, 0.25) is 0 Å². The lowest BCUT2D eigenvalue weighted by Gasteiger charge is -2.03. The Kier molecular flexibility index (Phi) is 4.98. The van der Waals surface area contributed by atoms with Crippen LogP contribution in [0.3, 0.4) is 0 Å². The van der Waals surface area contributed by atoms with Crippen LogP contribution in [-0.2, 0) is 18.0 Å². The highest BCUT2D eigenvalue weighted by atomic mass is 32.1. The van der Waals surface area contributed by atoms with Gasteiger partial charge >= 0.3 is 0 Å². The molecule has 0 atom stereocenters. The van der Waals surface area contributed by atoms with Gasteiger partial charge in [0.15, 0.2) is 0 Å². The number of aliphatic hydroxyl groups excluding tert-OH is 1. The molecule has 92 valence electrons. The first-order chi connectivity index (χ1) is 8.88. The summed E-state index contributed by atoms with van der Waals surface area (Å²) in [5.41, 5.74) is 2.00. The Morgan fingerprint density at radius 1 is 1.17 bits per heavy atom. The third-order valence-corrected chi connectivity index (χ3v) is 3.18. The second kappa shape index (κ2) is 6.97. The predicted molar refractivity (Wildman–Crippen MR) is 73.2 cm³/mol. The molecule has 0 radical (unpaired) electrons. The summed E-state index contributed by atoms with van der Waals surface area (Å²) in [5.74, 6) is 5.52. The molecule has 0 saturated heterocycles. The fourth-order valence-corrected chi connectivity index (χ4v) is 2.19. The van der Waals surface area contributed by atoms with Crippen molar-refractivity contribution in [2.75, 3.05) is 6.61 Å². The van der Waals surface area contributed by atoms with E-state index in [2.05, 4.69) is 17.9 Å². The van der Waals surface area contributed by atoms with Crippen LogP contribution in [0.2, 0.25) is 0 Å². The van der Waals surface area contributed by atoms with Crippen LogP contribution in [0.1, 0.15) is 16.0 Å². The molecule has 0 aliphatic heterocycles. The lowest BCUT2D eigenvalue weighted by atomic mass is 10.1. The monoisotopic (exact) mass is 258 g/mol. The zero-order valence-corrected chi connectivity index (χ0v) is 10.7. The molecule has 2 aromatic rings. The van der Waals surface area contributed by atoms with Crippen LogP contribution in [0.25, 0.3) is 0 Å². The van der Waals surface area contributed by atoms with Gasteiger partial charge in [-0.1, -0.05) is 30.0 Å². The lowest BCUT2D eigenvalue weighted by Crippen LogP contribution is -1.93. The van der Waals surface area contributed by atoms with E-state index in [9.17, 15) is 0 Å².